The summed E-state index contributed by atoms with van der Waals surface area (Å²) in [5, 5.41) is 0. The second-order valence-corrected chi connectivity index (χ2v) is 4.65. The second-order valence-electron chi connectivity index (χ2n) is 4.65. The number of ether oxygens (including phenoxy) is 2. The van der Waals surface area contributed by atoms with E-state index in [1.807, 2.05) is 30.9 Å². The van der Waals surface area contributed by atoms with E-state index in [-0.39, 0.29) is 12.5 Å². The summed E-state index contributed by atoms with van der Waals surface area (Å²) in [6, 6.07) is 7.23. The van der Waals surface area contributed by atoms with Crippen LogP contribution in [0.25, 0.3) is 0 Å². The Labute approximate surface area is 127 Å². The van der Waals surface area contributed by atoms with E-state index in [4.69, 9.17) is 9.47 Å². The van der Waals surface area contributed by atoms with Gasteiger partial charge in [0.05, 0.1) is 7.11 Å². The third kappa shape index (κ3) is 5.63. The van der Waals surface area contributed by atoms with Gasteiger partial charge in [-0.2, -0.15) is 0 Å². The number of methoxy groups -OCH3 is 1. The van der Waals surface area contributed by atoms with E-state index in [2.05, 4.69) is 11.9 Å². The van der Waals surface area contributed by atoms with Crippen LogP contribution in [0.4, 0.5) is 0 Å². The molecule has 1 saturated heterocycles. The van der Waals surface area contributed by atoms with E-state index >= 15 is 0 Å². The summed E-state index contributed by atoms with van der Waals surface area (Å²) in [7, 11) is 3.68. The van der Waals surface area contributed by atoms with Gasteiger partial charge in [-0.25, -0.2) is 0 Å². The Hall–Kier alpha value is -1.75. The Morgan fingerprint density at radius 2 is 1.57 bits per heavy atom. The number of rotatable bonds is 4. The molecule has 118 valence electrons. The van der Waals surface area contributed by atoms with Crippen LogP contribution in [0.2, 0.25) is 0 Å². The molecule has 0 saturated carbocycles. The summed E-state index contributed by atoms with van der Waals surface area (Å²) >= 11 is 0. The number of benzene rings is 1. The van der Waals surface area contributed by atoms with Crippen molar-refractivity contribution in [3.05, 3.63) is 24.3 Å². The predicted molar refractivity (Wildman–Crippen MR) is 83.9 cm³/mol. The molecular weight excluding hydrogens is 268 g/mol. The molecule has 5 nitrogen and oxygen atoms in total. The van der Waals surface area contributed by atoms with E-state index in [1.165, 1.54) is 0 Å². The van der Waals surface area contributed by atoms with Crippen molar-refractivity contribution in [3.63, 3.8) is 0 Å². The first-order valence-corrected chi connectivity index (χ1v) is 7.42. The van der Waals surface area contributed by atoms with Gasteiger partial charge in [0, 0.05) is 26.2 Å². The largest absolute Gasteiger partial charge is 0.497 e. The van der Waals surface area contributed by atoms with Crippen LogP contribution >= 0.6 is 0 Å². The minimum Gasteiger partial charge on any atom is -0.497 e. The average molecular weight is 294 g/mol. The lowest BCUT2D eigenvalue weighted by atomic mass is 10.3. The van der Waals surface area contributed by atoms with Crippen molar-refractivity contribution in [2.75, 3.05) is 46.9 Å². The summed E-state index contributed by atoms with van der Waals surface area (Å²) in [6.07, 6.45) is 0. The highest BCUT2D eigenvalue weighted by atomic mass is 16.5. The van der Waals surface area contributed by atoms with Crippen molar-refractivity contribution in [1.29, 1.82) is 0 Å². The van der Waals surface area contributed by atoms with Gasteiger partial charge in [0.1, 0.15) is 11.5 Å². The summed E-state index contributed by atoms with van der Waals surface area (Å²) in [5.74, 6) is 1.50. The van der Waals surface area contributed by atoms with Crippen LogP contribution in [-0.2, 0) is 4.79 Å². The van der Waals surface area contributed by atoms with E-state index in [1.54, 1.807) is 19.2 Å². The zero-order valence-corrected chi connectivity index (χ0v) is 13.5. The van der Waals surface area contributed by atoms with E-state index in [0.29, 0.717) is 5.75 Å². The summed E-state index contributed by atoms with van der Waals surface area (Å²) in [6.45, 7) is 7.50. The second kappa shape index (κ2) is 9.23. The molecule has 0 unspecified atom stereocenters. The molecule has 1 aliphatic heterocycles. The molecule has 0 bridgehead atoms. The number of amides is 1. The molecule has 1 heterocycles. The molecule has 1 amide bonds. The number of carbonyl (C=O) groups is 1. The number of likely N-dealkylation sites (N-methyl/N-ethyl adjacent to an activating group) is 1. The SMILES string of the molecule is CC.COc1ccc(OCC(=O)N2CCN(C)CC2)cc1. The summed E-state index contributed by atoms with van der Waals surface area (Å²) < 4.78 is 10.6. The first-order valence-electron chi connectivity index (χ1n) is 7.42. The number of nitrogens with zero attached hydrogens (tertiary/aromatic N) is 2. The Morgan fingerprint density at radius 1 is 1.05 bits per heavy atom. The van der Waals surface area contributed by atoms with Crippen LogP contribution in [0.5, 0.6) is 11.5 Å². The Bertz CT molecular complexity index is 412. The Balaban J connectivity index is 0.00000106. The molecule has 0 N–H and O–H groups in total. The first-order chi connectivity index (χ1) is 10.2. The molecule has 2 rings (SSSR count). The minimum absolute atomic E-state index is 0.0453. The summed E-state index contributed by atoms with van der Waals surface area (Å²) in [4.78, 5) is 16.0. The highest BCUT2D eigenvalue weighted by Gasteiger charge is 2.19. The van der Waals surface area contributed by atoms with E-state index < -0.39 is 0 Å². The lowest BCUT2D eigenvalue weighted by Crippen LogP contribution is -2.48. The van der Waals surface area contributed by atoms with Crippen molar-refractivity contribution in [3.8, 4) is 11.5 Å². The average Bonchev–Trinajstić information content (AvgIpc) is 2.55. The van der Waals surface area contributed by atoms with Crippen molar-refractivity contribution < 1.29 is 14.3 Å². The Morgan fingerprint density at radius 3 is 2.10 bits per heavy atom. The predicted octanol–water partition coefficient (Wildman–Crippen LogP) is 1.87. The van der Waals surface area contributed by atoms with Crippen molar-refractivity contribution in [2.45, 2.75) is 13.8 Å². The third-order valence-electron chi connectivity index (χ3n) is 3.28. The highest BCUT2D eigenvalue weighted by molar-refractivity contribution is 5.77. The number of piperazine rings is 1. The molecular formula is C16H26N2O3. The van der Waals surface area contributed by atoms with E-state index in [9.17, 15) is 4.79 Å². The quantitative estimate of drug-likeness (QED) is 0.850. The van der Waals surface area contributed by atoms with Gasteiger partial charge in [-0.15, -0.1) is 0 Å². The van der Waals surface area contributed by atoms with Crippen LogP contribution in [-0.4, -0.2) is 62.7 Å². The summed E-state index contributed by atoms with van der Waals surface area (Å²) in [5.41, 5.74) is 0. The van der Waals surface area contributed by atoms with Gasteiger partial charge in [-0.05, 0) is 31.3 Å². The van der Waals surface area contributed by atoms with Crippen LogP contribution in [0.3, 0.4) is 0 Å². The molecule has 1 fully saturated rings. The normalized spacial score (nSPS) is 15.0. The van der Waals surface area contributed by atoms with Crippen molar-refractivity contribution in [2.24, 2.45) is 0 Å². The van der Waals surface area contributed by atoms with Gasteiger partial charge in [0.15, 0.2) is 6.61 Å². The third-order valence-corrected chi connectivity index (χ3v) is 3.28. The molecule has 5 heteroatoms. The fraction of sp³-hybridized carbons (Fsp3) is 0.562. The molecule has 0 atom stereocenters. The zero-order chi connectivity index (χ0) is 15.7. The van der Waals surface area contributed by atoms with Crippen LogP contribution < -0.4 is 9.47 Å². The standard InChI is InChI=1S/C14H20N2O3.C2H6/c1-15-7-9-16(10-8-15)14(17)11-19-13-5-3-12(18-2)4-6-13;1-2/h3-6H,7-11H2,1-2H3;1-2H3. The van der Waals surface area contributed by atoms with Crippen LogP contribution in [0.1, 0.15) is 13.8 Å². The fourth-order valence-corrected chi connectivity index (χ4v) is 1.96. The van der Waals surface area contributed by atoms with Crippen LogP contribution in [0, 0.1) is 0 Å². The van der Waals surface area contributed by atoms with Crippen molar-refractivity contribution in [1.82, 2.24) is 9.80 Å². The lowest BCUT2D eigenvalue weighted by Gasteiger charge is -2.32. The maximum Gasteiger partial charge on any atom is 0.260 e. The van der Waals surface area contributed by atoms with Crippen molar-refractivity contribution >= 4 is 5.91 Å². The number of hydrogen-bond acceptors (Lipinski definition) is 4. The zero-order valence-electron chi connectivity index (χ0n) is 13.5. The van der Waals surface area contributed by atoms with E-state index in [0.717, 1.165) is 31.9 Å². The highest BCUT2D eigenvalue weighted by Crippen LogP contribution is 2.17. The number of carbonyl (C=O) groups excluding carboxylic acids is 1. The molecule has 21 heavy (non-hydrogen) atoms. The molecule has 0 aromatic heterocycles. The molecule has 0 spiro atoms. The van der Waals surface area contributed by atoms with Gasteiger partial charge in [0.2, 0.25) is 0 Å². The van der Waals surface area contributed by atoms with Gasteiger partial charge in [0.25, 0.3) is 5.91 Å². The smallest absolute Gasteiger partial charge is 0.260 e. The fourth-order valence-electron chi connectivity index (χ4n) is 1.96. The molecule has 0 aliphatic carbocycles. The monoisotopic (exact) mass is 294 g/mol. The maximum atomic E-state index is 12.0. The van der Waals surface area contributed by atoms with Gasteiger partial charge in [-0.3, -0.25) is 4.79 Å². The number of hydrogen-bond donors (Lipinski definition) is 0. The van der Waals surface area contributed by atoms with Gasteiger partial charge in [-0.1, -0.05) is 13.8 Å². The first kappa shape index (κ1) is 17.3. The molecule has 1 aromatic rings. The lowest BCUT2D eigenvalue weighted by molar-refractivity contribution is -0.134. The van der Waals surface area contributed by atoms with Gasteiger partial charge < -0.3 is 19.3 Å². The van der Waals surface area contributed by atoms with Crippen LogP contribution in [0.15, 0.2) is 24.3 Å². The topological polar surface area (TPSA) is 42.0 Å². The molecule has 0 radical (unpaired) electrons. The maximum absolute atomic E-state index is 12.0. The minimum atomic E-state index is 0.0453. The molecule has 1 aromatic carbocycles. The molecule has 1 aliphatic rings. The van der Waals surface area contributed by atoms with Gasteiger partial charge >= 0.3 is 0 Å². The Kier molecular flexibility index (Phi) is 7.61.